The van der Waals surface area contributed by atoms with Gasteiger partial charge in [0.15, 0.2) is 0 Å². The summed E-state index contributed by atoms with van der Waals surface area (Å²) in [5, 5.41) is 35.1. The van der Waals surface area contributed by atoms with E-state index in [9.17, 15) is 19.8 Å². The fourth-order valence-electron chi connectivity index (χ4n) is 4.42. The first-order valence-electron chi connectivity index (χ1n) is 16.2. The van der Waals surface area contributed by atoms with Crippen LogP contribution in [0.4, 0.5) is 0 Å². The molecule has 0 saturated carbocycles. The number of carbonyl (C=O) groups is 2. The van der Waals surface area contributed by atoms with Crippen molar-refractivity contribution in [1.82, 2.24) is 17.2 Å². The van der Waals surface area contributed by atoms with E-state index in [1.807, 2.05) is 79.7 Å². The lowest BCUT2D eigenvalue weighted by atomic mass is 9.75. The minimum Gasteiger partial charge on any atom is -0.508 e. The van der Waals surface area contributed by atoms with Gasteiger partial charge in [-0.05, 0) is 105 Å². The second-order valence-electron chi connectivity index (χ2n) is 14.6. The van der Waals surface area contributed by atoms with Crippen LogP contribution in [0.15, 0.2) is 91.5 Å². The maximum Gasteiger partial charge on any atom is 0.330 e. The highest BCUT2D eigenvalue weighted by molar-refractivity contribution is 5.84. The van der Waals surface area contributed by atoms with Gasteiger partial charge in [-0.25, -0.2) is 9.59 Å². The lowest BCUT2D eigenvalue weighted by Crippen LogP contribution is -2.41. The molecule has 13 nitrogen and oxygen atoms in total. The third-order valence-corrected chi connectivity index (χ3v) is 6.65. The quantitative estimate of drug-likeness (QED) is 0.110. The number of carboxylic acid groups (broad SMARTS) is 2. The molecular formula is C40H69N7O6. The van der Waals surface area contributed by atoms with Crippen molar-refractivity contribution in [3.63, 3.8) is 0 Å². The topological polar surface area (TPSA) is 292 Å². The van der Waals surface area contributed by atoms with Gasteiger partial charge in [-0.2, -0.15) is 0 Å². The Balaban J connectivity index is -0.000000305. The van der Waals surface area contributed by atoms with Gasteiger partial charge in [-0.1, -0.05) is 67.8 Å². The maximum atomic E-state index is 10.2. The lowest BCUT2D eigenvalue weighted by molar-refractivity contribution is -0.133. The molecule has 53 heavy (non-hydrogen) atoms. The molecule has 13 heteroatoms. The van der Waals surface area contributed by atoms with Crippen molar-refractivity contribution in [2.24, 2.45) is 22.9 Å². The Morgan fingerprint density at radius 1 is 0.660 bits per heavy atom. The summed E-state index contributed by atoms with van der Waals surface area (Å²) < 4.78 is 0. The highest BCUT2D eigenvalue weighted by atomic mass is 16.4. The standard InChI is InChI=1S/C15H27N3O.C9H13NO.C9H13N.C4H6O2.C3H4O2.2H3N/c1-13(2,16)9-7-8-10(19)12(15(5,6)18)11(9)14(3,4)17;1-9(2,10)7-5-3-4-6-8(7)11;1-10(2)8-9-6-4-3-5-7-9;1-3(2)4(5)6;1-2-3(4)5;;/h7-8,19H,16-18H2,1-6H3;3-6,11H,10H2,1-2H3;3-7H,8H2,1-2H3;1H2,2H3,(H,5,6);2H,1H2,(H,4,5);2*1H3. The van der Waals surface area contributed by atoms with Crippen LogP contribution in [0, 0.1) is 0 Å². The maximum absolute atomic E-state index is 10.2. The Hall–Kier alpha value is -4.60. The largest absolute Gasteiger partial charge is 0.508 e. The summed E-state index contributed by atoms with van der Waals surface area (Å²) in [5.41, 5.74) is 26.9. The zero-order valence-corrected chi connectivity index (χ0v) is 33.8. The molecular weight excluding hydrogens is 674 g/mol. The second kappa shape index (κ2) is 23.9. The number of hydrogen-bond donors (Lipinski definition) is 10. The van der Waals surface area contributed by atoms with Gasteiger partial charge in [0.25, 0.3) is 0 Å². The highest BCUT2D eigenvalue weighted by Gasteiger charge is 2.34. The van der Waals surface area contributed by atoms with Crippen LogP contribution in [0.3, 0.4) is 0 Å². The van der Waals surface area contributed by atoms with Gasteiger partial charge in [0.05, 0.1) is 0 Å². The number of aliphatic carboxylic acids is 2. The Kier molecular flexibility index (Phi) is 24.8. The average Bonchev–Trinajstić information content (AvgIpc) is 2.96. The SMILES string of the molecule is C=C(C)C(=O)O.C=CC(=O)O.CC(C)(N)c1ccc(O)c(C(C)(C)N)c1C(C)(C)N.CC(C)(N)c1ccccc1O.CN(C)Cc1ccccc1.N.N. The molecule has 0 atom stereocenters. The molecule has 18 N–H and O–H groups in total. The first kappa shape index (κ1) is 55.2. The van der Waals surface area contributed by atoms with Gasteiger partial charge in [0, 0.05) is 51.5 Å². The molecule has 0 saturated heterocycles. The van der Waals surface area contributed by atoms with Crippen molar-refractivity contribution in [1.29, 1.82) is 0 Å². The van der Waals surface area contributed by atoms with E-state index in [2.05, 4.69) is 56.4 Å². The fourth-order valence-corrected chi connectivity index (χ4v) is 4.42. The van der Waals surface area contributed by atoms with Crippen molar-refractivity contribution in [2.45, 2.75) is 91.0 Å². The number of carboxylic acids is 2. The summed E-state index contributed by atoms with van der Waals surface area (Å²) in [6.07, 6.45) is 0.833. The van der Waals surface area contributed by atoms with Gasteiger partial charge in [0.1, 0.15) is 11.5 Å². The predicted molar refractivity (Wildman–Crippen MR) is 219 cm³/mol. The molecule has 0 aliphatic rings. The molecule has 0 spiro atoms. The molecule has 3 aromatic rings. The van der Waals surface area contributed by atoms with E-state index in [1.165, 1.54) is 12.5 Å². The minimum absolute atomic E-state index is 0. The number of para-hydroxylation sites is 1. The van der Waals surface area contributed by atoms with Crippen LogP contribution in [-0.4, -0.2) is 51.4 Å². The lowest BCUT2D eigenvalue weighted by Gasteiger charge is -2.36. The van der Waals surface area contributed by atoms with Crippen LogP contribution in [-0.2, 0) is 38.3 Å². The molecule has 0 bridgehead atoms. The van der Waals surface area contributed by atoms with E-state index in [4.69, 9.17) is 33.1 Å². The molecule has 0 radical (unpaired) electrons. The molecule has 0 aliphatic carbocycles. The van der Waals surface area contributed by atoms with Crippen molar-refractivity contribution >= 4 is 11.9 Å². The number of benzene rings is 3. The normalized spacial score (nSPS) is 10.7. The van der Waals surface area contributed by atoms with Crippen LogP contribution >= 0.6 is 0 Å². The average molecular weight is 744 g/mol. The van der Waals surface area contributed by atoms with Crippen molar-refractivity contribution in [2.75, 3.05) is 14.1 Å². The van der Waals surface area contributed by atoms with Gasteiger partial charge in [-0.3, -0.25) is 0 Å². The van der Waals surface area contributed by atoms with Gasteiger partial charge in [-0.15, -0.1) is 0 Å². The minimum atomic E-state index is -0.981. The van der Waals surface area contributed by atoms with Crippen LogP contribution in [0.1, 0.15) is 90.1 Å². The molecule has 0 unspecified atom stereocenters. The van der Waals surface area contributed by atoms with E-state index in [-0.39, 0.29) is 29.4 Å². The highest BCUT2D eigenvalue weighted by Crippen LogP contribution is 2.40. The summed E-state index contributed by atoms with van der Waals surface area (Å²) in [5.74, 6) is -1.49. The van der Waals surface area contributed by atoms with Gasteiger partial charge in [0.2, 0.25) is 0 Å². The number of phenols is 2. The predicted octanol–water partition coefficient (Wildman–Crippen LogP) is 6.54. The van der Waals surface area contributed by atoms with E-state index < -0.39 is 34.1 Å². The molecule has 0 heterocycles. The van der Waals surface area contributed by atoms with Crippen molar-refractivity contribution < 1.29 is 30.0 Å². The third kappa shape index (κ3) is 22.8. The monoisotopic (exact) mass is 744 g/mol. The Labute approximate surface area is 317 Å². The number of nitrogens with zero attached hydrogens (tertiary/aromatic N) is 1. The van der Waals surface area contributed by atoms with Crippen LogP contribution < -0.4 is 35.2 Å². The molecule has 0 fully saturated rings. The number of hydrogen-bond acceptors (Lipinski definition) is 11. The Morgan fingerprint density at radius 2 is 1.04 bits per heavy atom. The molecule has 300 valence electrons. The summed E-state index contributed by atoms with van der Waals surface area (Å²) >= 11 is 0. The summed E-state index contributed by atoms with van der Waals surface area (Å²) in [6, 6.07) is 21.0. The molecule has 0 amide bonds. The van der Waals surface area contributed by atoms with E-state index in [1.54, 1.807) is 18.2 Å². The van der Waals surface area contributed by atoms with Gasteiger partial charge >= 0.3 is 11.9 Å². The first-order valence-corrected chi connectivity index (χ1v) is 16.2. The second-order valence-corrected chi connectivity index (χ2v) is 14.6. The molecule has 3 rings (SSSR count). The molecule has 0 aliphatic heterocycles. The molecule has 0 aromatic heterocycles. The number of aromatic hydroxyl groups is 2. The van der Waals surface area contributed by atoms with Crippen molar-refractivity contribution in [3.8, 4) is 11.5 Å². The first-order chi connectivity index (χ1) is 23.0. The van der Waals surface area contributed by atoms with Gasteiger partial charge < -0.3 is 60.6 Å². The van der Waals surface area contributed by atoms with E-state index >= 15 is 0 Å². The number of nitrogens with two attached hydrogens (primary N) is 4. The van der Waals surface area contributed by atoms with Crippen LogP contribution in [0.5, 0.6) is 11.5 Å². The summed E-state index contributed by atoms with van der Waals surface area (Å²) in [6.45, 7) is 23.6. The van der Waals surface area contributed by atoms with Crippen LogP contribution in [0.2, 0.25) is 0 Å². The van der Waals surface area contributed by atoms with Crippen molar-refractivity contribution in [3.05, 3.63) is 119 Å². The van der Waals surface area contributed by atoms with E-state index in [0.29, 0.717) is 5.56 Å². The summed E-state index contributed by atoms with van der Waals surface area (Å²) in [4.78, 5) is 21.0. The molecule has 3 aromatic carbocycles. The third-order valence-electron chi connectivity index (χ3n) is 6.65. The Morgan fingerprint density at radius 3 is 1.32 bits per heavy atom. The summed E-state index contributed by atoms with van der Waals surface area (Å²) in [7, 11) is 4.15. The number of phenolic OH excluding ortho intramolecular Hbond substituents is 2. The smallest absolute Gasteiger partial charge is 0.330 e. The Bertz CT molecular complexity index is 1540. The fraction of sp³-hybridized carbons (Fsp3) is 0.400. The van der Waals surface area contributed by atoms with Crippen LogP contribution in [0.25, 0.3) is 0 Å². The van der Waals surface area contributed by atoms with E-state index in [0.717, 1.165) is 29.3 Å². The zero-order valence-electron chi connectivity index (χ0n) is 33.8. The zero-order chi connectivity index (χ0) is 40.5. The number of rotatable bonds is 8.